The third-order valence-corrected chi connectivity index (χ3v) is 10.6. The Labute approximate surface area is 344 Å². The van der Waals surface area contributed by atoms with Gasteiger partial charge in [0.05, 0.1) is 27.7 Å². The van der Waals surface area contributed by atoms with E-state index in [1.165, 1.54) is 17.2 Å². The summed E-state index contributed by atoms with van der Waals surface area (Å²) in [7, 11) is 0. The number of carbonyl (C=O) groups excluding carboxylic acids is 5. The van der Waals surface area contributed by atoms with Crippen LogP contribution in [0.2, 0.25) is 0 Å². The van der Waals surface area contributed by atoms with Crippen LogP contribution >= 0.6 is 0 Å². The van der Waals surface area contributed by atoms with Crippen molar-refractivity contribution < 1.29 is 47.7 Å². The first-order valence-corrected chi connectivity index (χ1v) is 20.5. The molecule has 8 rings (SSSR count). The molecule has 11 nitrogen and oxygen atoms in total. The van der Waals surface area contributed by atoms with E-state index in [0.717, 1.165) is 36.0 Å². The molecule has 1 saturated heterocycles. The topological polar surface area (TPSA) is 135 Å². The van der Waals surface area contributed by atoms with Crippen LogP contribution in [0, 0.1) is 21.7 Å². The molecule has 0 aromatic heterocycles. The first kappa shape index (κ1) is 44.6. The molecule has 2 aromatic rings. The molecule has 6 atom stereocenters. The van der Waals surface area contributed by atoms with Crippen LogP contribution in [0.15, 0.2) is 54.7 Å². The minimum Gasteiger partial charge on any atom is -0.462 e. The van der Waals surface area contributed by atoms with Gasteiger partial charge in [0.15, 0.2) is 30.3 Å². The van der Waals surface area contributed by atoms with E-state index < -0.39 is 82.2 Å². The van der Waals surface area contributed by atoms with Crippen LogP contribution in [0.1, 0.15) is 123 Å². The Morgan fingerprint density at radius 3 is 1.62 bits per heavy atom. The van der Waals surface area contributed by atoms with Crippen LogP contribution in [0.5, 0.6) is 0 Å². The fraction of sp³-hybridized carbons (Fsp3) is 0.596. The van der Waals surface area contributed by atoms with Gasteiger partial charge in [-0.3, -0.25) is 24.0 Å². The van der Waals surface area contributed by atoms with E-state index in [4.69, 9.17) is 23.7 Å². The highest BCUT2D eigenvalue weighted by Gasteiger charge is 2.57. The lowest BCUT2D eigenvalue weighted by molar-refractivity contribution is -0.283. The van der Waals surface area contributed by atoms with Crippen molar-refractivity contribution in [2.75, 3.05) is 6.61 Å². The van der Waals surface area contributed by atoms with Crippen LogP contribution in [0.25, 0.3) is 0 Å². The molecule has 0 spiro atoms. The Balaban J connectivity index is 1.69. The van der Waals surface area contributed by atoms with Crippen molar-refractivity contribution in [3.63, 3.8) is 0 Å². The quantitative estimate of drug-likeness (QED) is 0.203. The molecule has 11 heteroatoms. The molecule has 2 aromatic carbocycles. The number of allylic oxidation sites excluding steroid dienone is 1. The van der Waals surface area contributed by atoms with E-state index in [1.807, 2.05) is 4.90 Å². The van der Waals surface area contributed by atoms with Gasteiger partial charge in [-0.1, -0.05) is 42.5 Å². The number of aryl methyl sites for hydroxylation is 4. The first-order valence-electron chi connectivity index (χ1n) is 20.5. The zero-order chi connectivity index (χ0) is 43.0. The van der Waals surface area contributed by atoms with E-state index in [1.54, 1.807) is 89.3 Å². The lowest BCUT2D eigenvalue weighted by Crippen LogP contribution is -2.67. The maximum atomic E-state index is 14.0. The Hall–Kier alpha value is -4.51. The minimum atomic E-state index is -1.42. The lowest BCUT2D eigenvalue weighted by atomic mass is 9.86. The Kier molecular flexibility index (Phi) is 13.1. The van der Waals surface area contributed by atoms with Crippen molar-refractivity contribution in [1.82, 2.24) is 4.90 Å². The van der Waals surface area contributed by atoms with Crippen LogP contribution in [0.4, 0.5) is 0 Å². The zero-order valence-electron chi connectivity index (χ0n) is 36.4. The SMILES string of the molecule is CC(C)(C)C(=O)OC[C@H]1O[C@@H](N2C=CC(=O)C[C@@H]2c2cc3ccc2CCc2ccc(cc2)CC3)[C@H](OC(=O)C(C)(C)C)[C@@H](OC(=O)C(C)(C)C)[C@H]1OC(=O)C(C)(C)C. The van der Waals surface area contributed by atoms with Crippen molar-refractivity contribution in [2.24, 2.45) is 21.7 Å². The molecular weight excluding hydrogens is 739 g/mol. The molecule has 0 amide bonds. The predicted octanol–water partition coefficient (Wildman–Crippen LogP) is 7.59. The second-order valence-corrected chi connectivity index (χ2v) is 20.1. The first-order chi connectivity index (χ1) is 26.8. The Bertz CT molecular complexity index is 1890. The number of carbonyl (C=O) groups is 5. The maximum absolute atomic E-state index is 14.0. The van der Waals surface area contributed by atoms with Gasteiger partial charge in [-0.05, 0) is 143 Å². The number of ketones is 1. The van der Waals surface area contributed by atoms with Gasteiger partial charge in [0.25, 0.3) is 0 Å². The summed E-state index contributed by atoms with van der Waals surface area (Å²) >= 11 is 0. The summed E-state index contributed by atoms with van der Waals surface area (Å²) in [6.07, 6.45) is -0.278. The van der Waals surface area contributed by atoms with Gasteiger partial charge in [0, 0.05) is 12.6 Å². The molecule has 2 aliphatic heterocycles. The number of nitrogens with zero attached hydrogens (tertiary/aromatic N) is 1. The van der Waals surface area contributed by atoms with Gasteiger partial charge >= 0.3 is 23.9 Å². The highest BCUT2D eigenvalue weighted by Crippen LogP contribution is 2.41. The van der Waals surface area contributed by atoms with Gasteiger partial charge in [0.1, 0.15) is 12.7 Å². The molecule has 0 N–H and O–H groups in total. The van der Waals surface area contributed by atoms with Crippen LogP contribution in [-0.2, 0) is 73.3 Å². The third-order valence-electron chi connectivity index (χ3n) is 10.6. The highest BCUT2D eigenvalue weighted by atomic mass is 16.7. The standard InChI is InChI=1S/C47H63NO10/c1-44(2,3)40(50)54-27-35-36(56-41(51)45(4,5)6)37(57-42(52)46(7,8)9)38(58-43(53)47(10,11)12)39(55-35)48-24-23-32(49)26-34(48)33-25-30-18-17-28-13-15-29(16-14-28)19-21-31(33)22-20-30/h13-16,20,22-25,34-39H,17-19,21,26-27H2,1-12H3/t34-,35-,36+,37+,38-,39-/m1/s1. The molecular formula is C47H63NO10. The number of hydrogen-bond acceptors (Lipinski definition) is 11. The van der Waals surface area contributed by atoms with E-state index in [0.29, 0.717) is 6.42 Å². The van der Waals surface area contributed by atoms with Crippen LogP contribution in [0.3, 0.4) is 0 Å². The third kappa shape index (κ3) is 10.8. The average Bonchev–Trinajstić information content (AvgIpc) is 3.11. The van der Waals surface area contributed by atoms with E-state index in [2.05, 4.69) is 42.5 Å². The molecule has 0 radical (unpaired) electrons. The molecule has 4 bridgehead atoms. The summed E-state index contributed by atoms with van der Waals surface area (Å²) in [6.45, 7) is 20.0. The van der Waals surface area contributed by atoms with Gasteiger partial charge < -0.3 is 28.6 Å². The van der Waals surface area contributed by atoms with Crippen LogP contribution < -0.4 is 0 Å². The summed E-state index contributed by atoms with van der Waals surface area (Å²) in [5.41, 5.74) is 1.63. The van der Waals surface area contributed by atoms with Gasteiger partial charge in [0.2, 0.25) is 0 Å². The van der Waals surface area contributed by atoms with Gasteiger partial charge in [-0.2, -0.15) is 0 Å². The number of benzene rings is 2. The second kappa shape index (κ2) is 17.0. The minimum absolute atomic E-state index is 0.0824. The van der Waals surface area contributed by atoms with Crippen molar-refractivity contribution in [2.45, 2.75) is 152 Å². The summed E-state index contributed by atoms with van der Waals surface area (Å²) in [6, 6.07) is 14.5. The number of hydrogen-bond donors (Lipinski definition) is 0. The smallest absolute Gasteiger partial charge is 0.311 e. The van der Waals surface area contributed by atoms with Gasteiger partial charge in [-0.25, -0.2) is 0 Å². The van der Waals surface area contributed by atoms with Crippen molar-refractivity contribution in [3.8, 4) is 0 Å². The van der Waals surface area contributed by atoms with Crippen molar-refractivity contribution in [1.29, 1.82) is 0 Å². The fourth-order valence-electron chi connectivity index (χ4n) is 6.89. The zero-order valence-corrected chi connectivity index (χ0v) is 36.4. The largest absolute Gasteiger partial charge is 0.462 e. The molecule has 4 aliphatic carbocycles. The van der Waals surface area contributed by atoms with Crippen LogP contribution in [-0.4, -0.2) is 71.8 Å². The molecule has 316 valence electrons. The Morgan fingerprint density at radius 2 is 1.09 bits per heavy atom. The van der Waals surface area contributed by atoms with Crippen molar-refractivity contribution in [3.05, 3.63) is 82.6 Å². The Morgan fingerprint density at radius 1 is 0.621 bits per heavy atom. The van der Waals surface area contributed by atoms with Crippen molar-refractivity contribution >= 4 is 29.7 Å². The average molecular weight is 802 g/mol. The monoisotopic (exact) mass is 801 g/mol. The van der Waals surface area contributed by atoms with E-state index in [9.17, 15) is 24.0 Å². The summed E-state index contributed by atoms with van der Waals surface area (Å²) in [4.78, 5) is 70.1. The fourth-order valence-corrected chi connectivity index (χ4v) is 6.89. The summed E-state index contributed by atoms with van der Waals surface area (Å²) in [5, 5.41) is 0. The molecule has 0 saturated carbocycles. The maximum Gasteiger partial charge on any atom is 0.311 e. The highest BCUT2D eigenvalue weighted by molar-refractivity contribution is 5.91. The molecule has 0 unspecified atom stereocenters. The normalized spacial score (nSPS) is 24.1. The number of rotatable bonds is 7. The summed E-state index contributed by atoms with van der Waals surface area (Å²) in [5.74, 6) is -2.51. The predicted molar refractivity (Wildman–Crippen MR) is 218 cm³/mol. The number of esters is 4. The molecule has 58 heavy (non-hydrogen) atoms. The van der Waals surface area contributed by atoms with E-state index in [-0.39, 0.29) is 18.8 Å². The number of ether oxygens (including phenoxy) is 5. The molecule has 1 fully saturated rings. The lowest BCUT2D eigenvalue weighted by Gasteiger charge is -2.51. The van der Waals surface area contributed by atoms with Gasteiger partial charge in [-0.15, -0.1) is 0 Å². The molecule has 6 aliphatic rings. The van der Waals surface area contributed by atoms with E-state index >= 15 is 0 Å². The molecule has 2 heterocycles. The second-order valence-electron chi connectivity index (χ2n) is 20.1. The summed E-state index contributed by atoms with van der Waals surface area (Å²) < 4.78 is 31.6.